The van der Waals surface area contributed by atoms with Crippen LogP contribution in [-0.4, -0.2) is 113 Å². The van der Waals surface area contributed by atoms with Crippen molar-refractivity contribution in [3.63, 3.8) is 0 Å². The summed E-state index contributed by atoms with van der Waals surface area (Å²) < 4.78 is 5.13. The third-order valence-corrected chi connectivity index (χ3v) is 6.46. The standard InChI is InChI=1S/C20H28N2O12/c1-8(23)13(27)14-18(31,9(2)24)19(32,10(3)25)16(20(33,34-14)11(4)26)21-17(30)22-7-5-6-12(22)15(28)29/h12-14,16,27,31-33H,5-7H2,1-4H3,(H,21,30)(H,28,29)/t12-,13?,14+,16-,18+,19+,20?/m0/s1. The zero-order valence-corrected chi connectivity index (χ0v) is 19.0. The van der Waals surface area contributed by atoms with Crippen molar-refractivity contribution in [2.24, 2.45) is 0 Å². The van der Waals surface area contributed by atoms with Gasteiger partial charge in [0.25, 0.3) is 5.79 Å². The predicted molar refractivity (Wildman–Crippen MR) is 108 cm³/mol. The third kappa shape index (κ3) is 3.90. The van der Waals surface area contributed by atoms with Gasteiger partial charge < -0.3 is 40.5 Å². The molecule has 2 saturated heterocycles. The first-order chi connectivity index (χ1) is 15.5. The number of nitrogens with zero attached hydrogens (tertiary/aromatic N) is 1. The van der Waals surface area contributed by atoms with Crippen LogP contribution in [0.4, 0.5) is 4.79 Å². The van der Waals surface area contributed by atoms with Crippen molar-refractivity contribution >= 4 is 35.1 Å². The third-order valence-electron chi connectivity index (χ3n) is 6.46. The number of aliphatic hydroxyl groups excluding tert-OH is 1. The summed E-state index contributed by atoms with van der Waals surface area (Å²) in [6, 6.07) is -5.12. The van der Waals surface area contributed by atoms with Crippen LogP contribution >= 0.6 is 0 Å². The molecular formula is C20H28N2O12. The second-order valence-corrected chi connectivity index (χ2v) is 8.56. The zero-order valence-electron chi connectivity index (χ0n) is 19.0. The van der Waals surface area contributed by atoms with E-state index >= 15 is 0 Å². The zero-order chi connectivity index (χ0) is 26.4. The van der Waals surface area contributed by atoms with Gasteiger partial charge in [0, 0.05) is 13.5 Å². The number of rotatable bonds is 7. The maximum Gasteiger partial charge on any atom is 0.326 e. The Morgan fingerprint density at radius 1 is 0.941 bits per heavy atom. The lowest BCUT2D eigenvalue weighted by molar-refractivity contribution is -0.344. The van der Waals surface area contributed by atoms with E-state index in [1.54, 1.807) is 0 Å². The van der Waals surface area contributed by atoms with Crippen LogP contribution in [0.3, 0.4) is 0 Å². The van der Waals surface area contributed by atoms with Gasteiger partial charge >= 0.3 is 12.0 Å². The number of carboxylic acids is 1. The van der Waals surface area contributed by atoms with E-state index in [0.717, 1.165) is 18.7 Å². The maximum absolute atomic E-state index is 12.9. The van der Waals surface area contributed by atoms with Gasteiger partial charge in [-0.15, -0.1) is 0 Å². The summed E-state index contributed by atoms with van der Waals surface area (Å²) in [6.07, 6.45) is -4.54. The number of hydrogen-bond acceptors (Lipinski definition) is 11. The molecule has 0 aromatic heterocycles. The molecule has 2 aliphatic rings. The predicted octanol–water partition coefficient (Wildman–Crippen LogP) is -3.12. The second-order valence-electron chi connectivity index (χ2n) is 8.56. The molecule has 14 nitrogen and oxygen atoms in total. The Labute approximate surface area is 193 Å². The van der Waals surface area contributed by atoms with Crippen molar-refractivity contribution in [1.82, 2.24) is 10.2 Å². The minimum atomic E-state index is -3.51. The number of aliphatic hydroxyl groups is 4. The van der Waals surface area contributed by atoms with Gasteiger partial charge in [-0.2, -0.15) is 0 Å². The highest BCUT2D eigenvalue weighted by Gasteiger charge is 2.76. The maximum atomic E-state index is 12.9. The van der Waals surface area contributed by atoms with Crippen LogP contribution < -0.4 is 5.32 Å². The molecule has 0 aromatic rings. The average Bonchev–Trinajstić information content (AvgIpc) is 3.23. The molecule has 2 fully saturated rings. The Hall–Kier alpha value is -2.78. The number of carbonyl (C=O) groups is 6. The molecule has 0 bridgehead atoms. The van der Waals surface area contributed by atoms with Gasteiger partial charge in [0.2, 0.25) is 0 Å². The lowest BCUT2D eigenvalue weighted by Crippen LogP contribution is -2.87. The molecule has 14 heteroatoms. The molecule has 6 N–H and O–H groups in total. The summed E-state index contributed by atoms with van der Waals surface area (Å²) >= 11 is 0. The van der Waals surface area contributed by atoms with E-state index in [9.17, 15) is 54.3 Å². The van der Waals surface area contributed by atoms with Crippen LogP contribution in [0.1, 0.15) is 40.5 Å². The van der Waals surface area contributed by atoms with Gasteiger partial charge in [-0.1, -0.05) is 0 Å². The highest BCUT2D eigenvalue weighted by molar-refractivity contribution is 6.02. The van der Waals surface area contributed by atoms with E-state index in [-0.39, 0.29) is 19.4 Å². The van der Waals surface area contributed by atoms with Crippen LogP contribution in [0.5, 0.6) is 0 Å². The largest absolute Gasteiger partial charge is 0.480 e. The van der Waals surface area contributed by atoms with Crippen molar-refractivity contribution in [2.75, 3.05) is 6.54 Å². The molecule has 0 spiro atoms. The Bertz CT molecular complexity index is 937. The Balaban J connectivity index is 2.73. The number of likely N-dealkylation sites (tertiary alicyclic amines) is 1. The Morgan fingerprint density at radius 2 is 1.47 bits per heavy atom. The highest BCUT2D eigenvalue weighted by atomic mass is 16.7. The fourth-order valence-electron chi connectivity index (χ4n) is 4.47. The number of urea groups is 1. The number of hydrogen-bond donors (Lipinski definition) is 6. The average molecular weight is 488 g/mol. The topological polar surface area (TPSA) is 228 Å². The number of nitrogens with one attached hydrogen (secondary N) is 1. The smallest absolute Gasteiger partial charge is 0.326 e. The van der Waals surface area contributed by atoms with Crippen LogP contribution in [0.2, 0.25) is 0 Å². The molecule has 2 rings (SSSR count). The lowest BCUT2D eigenvalue weighted by atomic mass is 9.63. The van der Waals surface area contributed by atoms with Crippen molar-refractivity contribution < 1.29 is 59.0 Å². The van der Waals surface area contributed by atoms with Gasteiger partial charge in [-0.05, 0) is 33.6 Å². The molecule has 0 aromatic carbocycles. The van der Waals surface area contributed by atoms with Crippen LogP contribution in [0, 0.1) is 0 Å². The van der Waals surface area contributed by atoms with Crippen molar-refractivity contribution in [3.05, 3.63) is 0 Å². The number of Topliss-reactive ketones (excluding diaryl/α,β-unsaturated/α-hetero) is 4. The summed E-state index contributed by atoms with van der Waals surface area (Å²) in [6.45, 7) is 2.84. The Morgan fingerprint density at radius 3 is 1.88 bits per heavy atom. The SMILES string of the molecule is CC(=O)C(O)[C@H]1OC(O)(C(C)=O)[C@@H](NC(=O)N2CCC[C@H]2C(=O)O)[C@](O)(C(C)=O)[C@@]1(O)C(C)=O. The van der Waals surface area contributed by atoms with E-state index < -0.39 is 76.4 Å². The molecule has 34 heavy (non-hydrogen) atoms. The van der Waals surface area contributed by atoms with Crippen molar-refractivity contribution in [1.29, 1.82) is 0 Å². The molecule has 2 unspecified atom stereocenters. The molecular weight excluding hydrogens is 460 g/mol. The van der Waals surface area contributed by atoms with E-state index in [1.165, 1.54) is 0 Å². The summed E-state index contributed by atoms with van der Waals surface area (Å²) in [5.74, 6) is -9.97. The van der Waals surface area contributed by atoms with Crippen LogP contribution in [-0.2, 0) is 28.7 Å². The molecule has 190 valence electrons. The van der Waals surface area contributed by atoms with Crippen molar-refractivity contribution in [2.45, 2.75) is 81.8 Å². The molecule has 2 aliphatic heterocycles. The van der Waals surface area contributed by atoms with Gasteiger partial charge in [0.05, 0.1) is 0 Å². The number of aliphatic carboxylic acids is 1. The van der Waals surface area contributed by atoms with E-state index in [2.05, 4.69) is 0 Å². The van der Waals surface area contributed by atoms with E-state index in [0.29, 0.717) is 13.8 Å². The van der Waals surface area contributed by atoms with Gasteiger partial charge in [0.15, 0.2) is 34.3 Å². The Kier molecular flexibility index (Phi) is 7.36. The number of ether oxygens (including phenoxy) is 1. The van der Waals surface area contributed by atoms with Gasteiger partial charge in [-0.25, -0.2) is 9.59 Å². The molecule has 7 atom stereocenters. The minimum absolute atomic E-state index is 0.0716. The fraction of sp³-hybridized carbons (Fsp3) is 0.700. The summed E-state index contributed by atoms with van der Waals surface area (Å²) in [7, 11) is 0. The van der Waals surface area contributed by atoms with E-state index in [1.807, 2.05) is 5.32 Å². The summed E-state index contributed by atoms with van der Waals surface area (Å²) in [4.78, 5) is 74.7. The number of ketones is 4. The van der Waals surface area contributed by atoms with Crippen LogP contribution in [0.15, 0.2) is 0 Å². The van der Waals surface area contributed by atoms with Crippen LogP contribution in [0.25, 0.3) is 0 Å². The minimum Gasteiger partial charge on any atom is -0.480 e. The number of carbonyl (C=O) groups excluding carboxylic acids is 5. The monoisotopic (exact) mass is 488 g/mol. The van der Waals surface area contributed by atoms with Gasteiger partial charge in [-0.3, -0.25) is 19.2 Å². The first-order valence-electron chi connectivity index (χ1n) is 10.3. The molecule has 0 aliphatic carbocycles. The number of amides is 2. The quantitative estimate of drug-likeness (QED) is 0.209. The molecule has 0 radical (unpaired) electrons. The van der Waals surface area contributed by atoms with Gasteiger partial charge in [0.1, 0.15) is 24.3 Å². The molecule has 2 amide bonds. The van der Waals surface area contributed by atoms with Crippen molar-refractivity contribution in [3.8, 4) is 0 Å². The normalized spacial score (nSPS) is 36.5. The second kappa shape index (κ2) is 9.11. The fourth-order valence-corrected chi connectivity index (χ4v) is 4.47. The number of carboxylic acid groups (broad SMARTS) is 1. The van der Waals surface area contributed by atoms with E-state index in [4.69, 9.17) is 4.74 Å². The lowest BCUT2D eigenvalue weighted by Gasteiger charge is -2.57. The molecule has 0 saturated carbocycles. The first-order valence-corrected chi connectivity index (χ1v) is 10.3. The summed E-state index contributed by atoms with van der Waals surface area (Å²) in [5.41, 5.74) is -6.94. The first kappa shape index (κ1) is 27.5. The highest BCUT2D eigenvalue weighted by Crippen LogP contribution is 2.45. The molecule has 2 heterocycles. The summed E-state index contributed by atoms with van der Waals surface area (Å²) in [5, 5.41) is 55.4.